The van der Waals surface area contributed by atoms with E-state index in [4.69, 9.17) is 5.11 Å². The number of nitrogens with zero attached hydrogens (tertiary/aromatic N) is 2. The van der Waals surface area contributed by atoms with E-state index in [1.807, 2.05) is 0 Å². The molecule has 2 aromatic heterocycles. The van der Waals surface area contributed by atoms with E-state index >= 15 is 0 Å². The highest BCUT2D eigenvalue weighted by atomic mass is 19.4. The topological polar surface area (TPSA) is 84.6 Å². The Morgan fingerprint density at radius 1 is 1.43 bits per heavy atom. The smallest absolute Gasteiger partial charge is 0.478 e. The summed E-state index contributed by atoms with van der Waals surface area (Å²) in [5.74, 6) is -1.93. The van der Waals surface area contributed by atoms with Gasteiger partial charge in [-0.05, 0) is 25.1 Å². The van der Waals surface area contributed by atoms with E-state index < -0.39 is 18.1 Å². The number of carboxylic acid groups (broad SMARTS) is 1. The van der Waals surface area contributed by atoms with Crippen molar-refractivity contribution in [2.45, 2.75) is 19.8 Å². The van der Waals surface area contributed by atoms with Crippen molar-refractivity contribution < 1.29 is 32.9 Å². The summed E-state index contributed by atoms with van der Waals surface area (Å²) in [6.45, 7) is 1.28. The van der Waals surface area contributed by atoms with E-state index in [1.54, 1.807) is 6.92 Å². The standard InChI is InChI=1S/C14H13F3N2O4/c1-8-7-9(13(21)22)12(19(8)5-6-20)11-10(3-2-4-18-11)23-14(15,16)17/h2-4,7,20H,5-6H2,1H3,(H,21,22). The van der Waals surface area contributed by atoms with E-state index in [0.29, 0.717) is 5.69 Å². The molecule has 2 N–H and O–H groups in total. The van der Waals surface area contributed by atoms with Crippen molar-refractivity contribution in [1.82, 2.24) is 9.55 Å². The average molecular weight is 330 g/mol. The predicted molar refractivity (Wildman–Crippen MR) is 73.1 cm³/mol. The second-order valence-corrected chi connectivity index (χ2v) is 4.63. The lowest BCUT2D eigenvalue weighted by molar-refractivity contribution is -0.274. The summed E-state index contributed by atoms with van der Waals surface area (Å²) < 4.78 is 42.9. The minimum absolute atomic E-state index is 0.0104. The second kappa shape index (κ2) is 6.29. The van der Waals surface area contributed by atoms with Crippen molar-refractivity contribution >= 4 is 5.97 Å². The molecule has 0 amide bonds. The lowest BCUT2D eigenvalue weighted by atomic mass is 10.1. The van der Waals surface area contributed by atoms with Crippen LogP contribution in [-0.2, 0) is 6.54 Å². The number of hydrogen-bond acceptors (Lipinski definition) is 4. The highest BCUT2D eigenvalue weighted by molar-refractivity contribution is 5.96. The van der Waals surface area contributed by atoms with Gasteiger partial charge in [-0.3, -0.25) is 4.98 Å². The zero-order chi connectivity index (χ0) is 17.2. The highest BCUT2D eigenvalue weighted by Crippen LogP contribution is 2.35. The number of halogens is 3. The van der Waals surface area contributed by atoms with Crippen LogP contribution in [0, 0.1) is 6.92 Å². The Morgan fingerprint density at radius 2 is 2.13 bits per heavy atom. The molecule has 0 radical (unpaired) electrons. The molecule has 0 saturated carbocycles. The number of aromatic nitrogens is 2. The van der Waals surface area contributed by atoms with Crippen LogP contribution < -0.4 is 4.74 Å². The van der Waals surface area contributed by atoms with Crippen LogP contribution in [0.1, 0.15) is 16.1 Å². The van der Waals surface area contributed by atoms with Crippen molar-refractivity contribution in [3.05, 3.63) is 35.7 Å². The summed E-state index contributed by atoms with van der Waals surface area (Å²) in [7, 11) is 0. The van der Waals surface area contributed by atoms with Crippen molar-refractivity contribution in [2.75, 3.05) is 6.61 Å². The zero-order valence-corrected chi connectivity index (χ0v) is 12.0. The molecule has 0 unspecified atom stereocenters. The number of hydrogen-bond donors (Lipinski definition) is 2. The van der Waals surface area contributed by atoms with Crippen LogP contribution in [0.25, 0.3) is 11.4 Å². The van der Waals surface area contributed by atoms with Gasteiger partial charge in [-0.2, -0.15) is 0 Å². The molecule has 6 nitrogen and oxygen atoms in total. The largest absolute Gasteiger partial charge is 0.573 e. The summed E-state index contributed by atoms with van der Waals surface area (Å²) >= 11 is 0. The molecule has 0 atom stereocenters. The molecular formula is C14H13F3N2O4. The van der Waals surface area contributed by atoms with E-state index in [9.17, 15) is 23.1 Å². The van der Waals surface area contributed by atoms with Crippen LogP contribution in [0.4, 0.5) is 13.2 Å². The fourth-order valence-corrected chi connectivity index (χ4v) is 2.26. The minimum atomic E-state index is -4.94. The highest BCUT2D eigenvalue weighted by Gasteiger charge is 2.33. The van der Waals surface area contributed by atoms with Crippen LogP contribution in [-0.4, -0.2) is 38.7 Å². The van der Waals surface area contributed by atoms with Gasteiger partial charge in [0.25, 0.3) is 0 Å². The van der Waals surface area contributed by atoms with Crippen LogP contribution in [0.2, 0.25) is 0 Å². The maximum Gasteiger partial charge on any atom is 0.573 e. The van der Waals surface area contributed by atoms with Crippen LogP contribution >= 0.6 is 0 Å². The quantitative estimate of drug-likeness (QED) is 0.880. The Labute approximate surface area is 128 Å². The molecule has 0 aromatic carbocycles. The Hall–Kier alpha value is -2.55. The van der Waals surface area contributed by atoms with Crippen molar-refractivity contribution in [2.24, 2.45) is 0 Å². The first-order chi connectivity index (χ1) is 10.7. The van der Waals surface area contributed by atoms with Gasteiger partial charge in [0.1, 0.15) is 5.69 Å². The number of aromatic carboxylic acids is 1. The van der Waals surface area contributed by atoms with Crippen molar-refractivity contribution in [3.63, 3.8) is 0 Å². The Kier molecular flexibility index (Phi) is 4.60. The lowest BCUT2D eigenvalue weighted by Crippen LogP contribution is -2.18. The first-order valence-corrected chi connectivity index (χ1v) is 6.50. The Morgan fingerprint density at radius 3 is 2.70 bits per heavy atom. The molecule has 0 aliphatic carbocycles. The number of carbonyl (C=O) groups is 1. The molecular weight excluding hydrogens is 317 g/mol. The lowest BCUT2D eigenvalue weighted by Gasteiger charge is -2.15. The number of ether oxygens (including phenoxy) is 1. The number of rotatable bonds is 5. The van der Waals surface area contributed by atoms with Crippen LogP contribution in [0.15, 0.2) is 24.4 Å². The molecule has 0 bridgehead atoms. The number of carboxylic acids is 1. The molecule has 2 aromatic rings. The van der Waals surface area contributed by atoms with Crippen molar-refractivity contribution in [3.8, 4) is 17.1 Å². The van der Waals surface area contributed by atoms with Gasteiger partial charge in [0.15, 0.2) is 5.75 Å². The van der Waals surface area contributed by atoms with E-state index in [0.717, 1.165) is 6.07 Å². The van der Waals surface area contributed by atoms with Crippen LogP contribution in [0.3, 0.4) is 0 Å². The summed E-state index contributed by atoms with van der Waals surface area (Å²) in [4.78, 5) is 15.2. The molecule has 0 aliphatic heterocycles. The van der Waals surface area contributed by atoms with Gasteiger partial charge in [0.05, 0.1) is 17.9 Å². The van der Waals surface area contributed by atoms with E-state index in [-0.39, 0.29) is 30.1 Å². The first kappa shape index (κ1) is 16.8. The number of pyridine rings is 1. The van der Waals surface area contributed by atoms with Gasteiger partial charge in [-0.25, -0.2) is 4.79 Å². The van der Waals surface area contributed by atoms with Gasteiger partial charge in [0.2, 0.25) is 0 Å². The molecule has 0 fully saturated rings. The van der Waals surface area contributed by atoms with Gasteiger partial charge >= 0.3 is 12.3 Å². The third kappa shape index (κ3) is 3.62. The molecule has 0 saturated heterocycles. The molecule has 0 spiro atoms. The number of aliphatic hydroxyl groups excluding tert-OH is 1. The number of alkyl halides is 3. The summed E-state index contributed by atoms with van der Waals surface area (Å²) in [5, 5.41) is 18.4. The molecule has 124 valence electrons. The predicted octanol–water partition coefficient (Wildman–Crippen LogP) is 2.45. The SMILES string of the molecule is Cc1cc(C(=O)O)c(-c2ncccc2OC(F)(F)F)n1CCO. The monoisotopic (exact) mass is 330 g/mol. The first-order valence-electron chi connectivity index (χ1n) is 6.50. The molecule has 2 rings (SSSR count). The maximum absolute atomic E-state index is 12.5. The molecule has 23 heavy (non-hydrogen) atoms. The third-order valence-electron chi connectivity index (χ3n) is 3.08. The summed E-state index contributed by atoms with van der Waals surface area (Å²) in [6, 6.07) is 3.60. The summed E-state index contributed by atoms with van der Waals surface area (Å²) in [6.07, 6.45) is -3.71. The van der Waals surface area contributed by atoms with Crippen molar-refractivity contribution in [1.29, 1.82) is 0 Å². The summed E-state index contributed by atoms with van der Waals surface area (Å²) in [5.41, 5.74) is -0.0654. The Bertz CT molecular complexity index is 725. The average Bonchev–Trinajstić information content (AvgIpc) is 2.76. The van der Waals surface area contributed by atoms with Crippen LogP contribution in [0.5, 0.6) is 5.75 Å². The van der Waals surface area contributed by atoms with Gasteiger partial charge in [-0.15, -0.1) is 13.2 Å². The van der Waals surface area contributed by atoms with Gasteiger partial charge < -0.3 is 19.5 Å². The number of aryl methyl sites for hydroxylation is 1. The fourth-order valence-electron chi connectivity index (χ4n) is 2.26. The fraction of sp³-hybridized carbons (Fsp3) is 0.286. The molecule has 9 heteroatoms. The van der Waals surface area contributed by atoms with Gasteiger partial charge in [0, 0.05) is 18.4 Å². The zero-order valence-electron chi connectivity index (χ0n) is 12.0. The maximum atomic E-state index is 12.5. The molecule has 2 heterocycles. The van der Waals surface area contributed by atoms with E-state index in [2.05, 4.69) is 9.72 Å². The second-order valence-electron chi connectivity index (χ2n) is 4.63. The minimum Gasteiger partial charge on any atom is -0.478 e. The number of aliphatic hydroxyl groups is 1. The Balaban J connectivity index is 2.68. The molecule has 0 aliphatic rings. The van der Waals surface area contributed by atoms with Gasteiger partial charge in [-0.1, -0.05) is 0 Å². The van der Waals surface area contributed by atoms with E-state index in [1.165, 1.54) is 22.9 Å². The normalized spacial score (nSPS) is 11.5. The third-order valence-corrected chi connectivity index (χ3v) is 3.08.